The number of rotatable bonds is 2. The molecular formula is C9H11F2NO. The Morgan fingerprint density at radius 3 is 2.31 bits per heavy atom. The maximum atomic E-state index is 12.8. The van der Waals surface area contributed by atoms with E-state index in [2.05, 4.69) is 0 Å². The molecule has 0 fully saturated rings. The third kappa shape index (κ3) is 1.95. The summed E-state index contributed by atoms with van der Waals surface area (Å²) in [5, 5.41) is 0. The van der Waals surface area contributed by atoms with Crippen molar-refractivity contribution in [3.05, 3.63) is 29.3 Å². The lowest BCUT2D eigenvalue weighted by Crippen LogP contribution is -2.08. The van der Waals surface area contributed by atoms with Crippen LogP contribution in [0.4, 0.5) is 8.78 Å². The fourth-order valence-corrected chi connectivity index (χ4v) is 1.08. The fourth-order valence-electron chi connectivity index (χ4n) is 1.08. The molecule has 0 heterocycles. The number of hydrogen-bond acceptors (Lipinski definition) is 2. The van der Waals surface area contributed by atoms with Gasteiger partial charge in [0.1, 0.15) is 5.75 Å². The number of benzene rings is 1. The number of ether oxygens (including phenoxy) is 1. The first-order valence-corrected chi connectivity index (χ1v) is 3.84. The molecule has 1 unspecified atom stereocenters. The standard InChI is InChI=1S/C9H11F2NO/c1-5(12)6-3-7(10)8(11)4-9(6)13-2/h3-5H,12H2,1-2H3. The van der Waals surface area contributed by atoms with E-state index in [1.54, 1.807) is 6.92 Å². The predicted molar refractivity (Wildman–Crippen MR) is 45.5 cm³/mol. The summed E-state index contributed by atoms with van der Waals surface area (Å²) in [4.78, 5) is 0. The first-order chi connectivity index (χ1) is 6.06. The van der Waals surface area contributed by atoms with Gasteiger partial charge in [-0.15, -0.1) is 0 Å². The SMILES string of the molecule is COc1cc(F)c(F)cc1C(C)N. The summed E-state index contributed by atoms with van der Waals surface area (Å²) in [5.41, 5.74) is 6.00. The molecule has 0 amide bonds. The molecule has 0 saturated carbocycles. The van der Waals surface area contributed by atoms with E-state index in [9.17, 15) is 8.78 Å². The molecule has 13 heavy (non-hydrogen) atoms. The second-order valence-electron chi connectivity index (χ2n) is 2.80. The van der Waals surface area contributed by atoms with Gasteiger partial charge >= 0.3 is 0 Å². The van der Waals surface area contributed by atoms with E-state index < -0.39 is 11.6 Å². The lowest BCUT2D eigenvalue weighted by Gasteiger charge is -2.11. The van der Waals surface area contributed by atoms with Gasteiger partial charge in [0, 0.05) is 17.7 Å². The minimum Gasteiger partial charge on any atom is -0.496 e. The molecule has 1 atom stereocenters. The summed E-state index contributed by atoms with van der Waals surface area (Å²) in [6.45, 7) is 1.68. The van der Waals surface area contributed by atoms with Crippen molar-refractivity contribution >= 4 is 0 Å². The van der Waals surface area contributed by atoms with E-state index in [0.717, 1.165) is 12.1 Å². The van der Waals surface area contributed by atoms with Gasteiger partial charge in [0.15, 0.2) is 11.6 Å². The monoisotopic (exact) mass is 187 g/mol. The minimum atomic E-state index is -0.929. The van der Waals surface area contributed by atoms with Gasteiger partial charge in [0.2, 0.25) is 0 Å². The number of methoxy groups -OCH3 is 1. The topological polar surface area (TPSA) is 35.2 Å². The van der Waals surface area contributed by atoms with Crippen LogP contribution in [0, 0.1) is 11.6 Å². The van der Waals surface area contributed by atoms with E-state index >= 15 is 0 Å². The molecule has 0 saturated heterocycles. The van der Waals surface area contributed by atoms with Crippen molar-refractivity contribution in [3.8, 4) is 5.75 Å². The third-order valence-corrected chi connectivity index (χ3v) is 1.76. The Balaban J connectivity index is 3.25. The molecule has 0 aliphatic carbocycles. The van der Waals surface area contributed by atoms with Gasteiger partial charge in [-0.1, -0.05) is 0 Å². The van der Waals surface area contributed by atoms with Crippen LogP contribution < -0.4 is 10.5 Å². The van der Waals surface area contributed by atoms with Crippen molar-refractivity contribution < 1.29 is 13.5 Å². The molecule has 2 N–H and O–H groups in total. The quantitative estimate of drug-likeness (QED) is 0.768. The fraction of sp³-hybridized carbons (Fsp3) is 0.333. The molecule has 0 aliphatic rings. The Morgan fingerprint density at radius 1 is 1.31 bits per heavy atom. The Kier molecular flexibility index (Phi) is 2.83. The van der Waals surface area contributed by atoms with Crippen molar-refractivity contribution in [1.82, 2.24) is 0 Å². The van der Waals surface area contributed by atoms with Crippen molar-refractivity contribution in [1.29, 1.82) is 0 Å². The van der Waals surface area contributed by atoms with E-state index in [0.29, 0.717) is 5.56 Å². The molecular weight excluding hydrogens is 176 g/mol. The number of hydrogen-bond donors (Lipinski definition) is 1. The van der Waals surface area contributed by atoms with Gasteiger partial charge in [-0.05, 0) is 13.0 Å². The highest BCUT2D eigenvalue weighted by atomic mass is 19.2. The highest BCUT2D eigenvalue weighted by Crippen LogP contribution is 2.26. The zero-order chi connectivity index (χ0) is 10.0. The Bertz CT molecular complexity index is 313. The zero-order valence-electron chi connectivity index (χ0n) is 7.47. The first-order valence-electron chi connectivity index (χ1n) is 3.84. The maximum Gasteiger partial charge on any atom is 0.162 e. The largest absolute Gasteiger partial charge is 0.496 e. The molecule has 1 aromatic carbocycles. The molecule has 0 aliphatic heterocycles. The van der Waals surface area contributed by atoms with Crippen molar-refractivity contribution in [3.63, 3.8) is 0 Å². The van der Waals surface area contributed by atoms with E-state index in [1.165, 1.54) is 7.11 Å². The van der Waals surface area contributed by atoms with Gasteiger partial charge in [0.05, 0.1) is 7.11 Å². The van der Waals surface area contributed by atoms with Gasteiger partial charge in [-0.25, -0.2) is 8.78 Å². The molecule has 0 spiro atoms. The maximum absolute atomic E-state index is 12.8. The van der Waals surface area contributed by atoms with Crippen LogP contribution in [0.3, 0.4) is 0 Å². The molecule has 0 aromatic heterocycles. The Labute approximate surface area is 75.3 Å². The Hall–Kier alpha value is -1.16. The van der Waals surface area contributed by atoms with Crippen LogP contribution >= 0.6 is 0 Å². The zero-order valence-corrected chi connectivity index (χ0v) is 7.47. The molecule has 1 aromatic rings. The highest BCUT2D eigenvalue weighted by Gasteiger charge is 2.12. The number of nitrogens with two attached hydrogens (primary N) is 1. The first kappa shape index (κ1) is 9.92. The van der Waals surface area contributed by atoms with Crippen LogP contribution in [0.25, 0.3) is 0 Å². The van der Waals surface area contributed by atoms with Crippen molar-refractivity contribution in [2.45, 2.75) is 13.0 Å². The van der Waals surface area contributed by atoms with Crippen LogP contribution in [-0.2, 0) is 0 Å². The van der Waals surface area contributed by atoms with Crippen molar-refractivity contribution in [2.24, 2.45) is 5.73 Å². The van der Waals surface area contributed by atoms with Gasteiger partial charge < -0.3 is 10.5 Å². The summed E-state index contributed by atoms with van der Waals surface area (Å²) in [6.07, 6.45) is 0. The number of halogens is 2. The second-order valence-corrected chi connectivity index (χ2v) is 2.80. The van der Waals surface area contributed by atoms with Crippen LogP contribution in [-0.4, -0.2) is 7.11 Å². The molecule has 1 rings (SSSR count). The lowest BCUT2D eigenvalue weighted by atomic mass is 10.1. The van der Waals surface area contributed by atoms with Crippen LogP contribution in [0.15, 0.2) is 12.1 Å². The summed E-state index contributed by atoms with van der Waals surface area (Å²) in [5.74, 6) is -1.57. The van der Waals surface area contributed by atoms with Crippen LogP contribution in [0.2, 0.25) is 0 Å². The van der Waals surface area contributed by atoms with E-state index in [4.69, 9.17) is 10.5 Å². The molecule has 0 radical (unpaired) electrons. The smallest absolute Gasteiger partial charge is 0.162 e. The summed E-state index contributed by atoms with van der Waals surface area (Å²) in [7, 11) is 1.39. The summed E-state index contributed by atoms with van der Waals surface area (Å²) in [6, 6.07) is 1.66. The summed E-state index contributed by atoms with van der Waals surface area (Å²) >= 11 is 0. The normalized spacial score (nSPS) is 12.7. The van der Waals surface area contributed by atoms with E-state index in [-0.39, 0.29) is 11.8 Å². The van der Waals surface area contributed by atoms with Gasteiger partial charge in [-0.2, -0.15) is 0 Å². The van der Waals surface area contributed by atoms with Crippen molar-refractivity contribution in [2.75, 3.05) is 7.11 Å². The molecule has 0 bridgehead atoms. The van der Waals surface area contributed by atoms with Gasteiger partial charge in [-0.3, -0.25) is 0 Å². The van der Waals surface area contributed by atoms with Crippen LogP contribution in [0.5, 0.6) is 5.75 Å². The third-order valence-electron chi connectivity index (χ3n) is 1.76. The molecule has 2 nitrogen and oxygen atoms in total. The van der Waals surface area contributed by atoms with Gasteiger partial charge in [0.25, 0.3) is 0 Å². The van der Waals surface area contributed by atoms with E-state index in [1.807, 2.05) is 0 Å². The average Bonchev–Trinajstić information content (AvgIpc) is 2.08. The summed E-state index contributed by atoms with van der Waals surface area (Å²) < 4.78 is 30.3. The van der Waals surface area contributed by atoms with Crippen LogP contribution in [0.1, 0.15) is 18.5 Å². The molecule has 72 valence electrons. The Morgan fingerprint density at radius 2 is 1.85 bits per heavy atom. The predicted octanol–water partition coefficient (Wildman–Crippen LogP) is 1.99. The minimum absolute atomic E-state index is 0.272. The highest BCUT2D eigenvalue weighted by molar-refractivity contribution is 5.36. The lowest BCUT2D eigenvalue weighted by molar-refractivity contribution is 0.397. The molecule has 4 heteroatoms. The second kappa shape index (κ2) is 3.70. The average molecular weight is 187 g/mol.